The summed E-state index contributed by atoms with van der Waals surface area (Å²) < 4.78 is 77.0. The number of hydrogen-bond acceptors (Lipinski definition) is 3. The highest BCUT2D eigenvalue weighted by Crippen LogP contribution is 2.39. The fraction of sp³-hybridized carbons (Fsp3) is 0.125. The lowest BCUT2D eigenvalue weighted by Gasteiger charge is -2.12. The molecule has 0 aliphatic rings. The molecule has 0 fully saturated rings. The van der Waals surface area contributed by atoms with E-state index in [4.69, 9.17) is 11.6 Å². The third kappa shape index (κ3) is 4.91. The zero-order valence-corrected chi connectivity index (χ0v) is 13.7. The molecular formula is C16H9ClF6N2O2. The van der Waals surface area contributed by atoms with Crippen LogP contribution >= 0.6 is 11.6 Å². The molecular weight excluding hydrogens is 402 g/mol. The number of phenols is 1. The average molecular weight is 411 g/mol. The summed E-state index contributed by atoms with van der Waals surface area (Å²) in [6, 6.07) is 5.32. The Hall–Kier alpha value is -2.75. The molecule has 4 nitrogen and oxygen atoms in total. The molecule has 0 aromatic heterocycles. The number of alkyl halides is 6. The second-order valence-corrected chi connectivity index (χ2v) is 5.57. The Morgan fingerprint density at radius 2 is 1.63 bits per heavy atom. The van der Waals surface area contributed by atoms with Gasteiger partial charge in [-0.15, -0.1) is 0 Å². The van der Waals surface area contributed by atoms with E-state index in [-0.39, 0.29) is 5.02 Å². The first-order valence-corrected chi connectivity index (χ1v) is 7.38. The van der Waals surface area contributed by atoms with Gasteiger partial charge in [0.25, 0.3) is 5.91 Å². The van der Waals surface area contributed by atoms with Gasteiger partial charge in [0.2, 0.25) is 0 Å². The third-order valence-corrected chi connectivity index (χ3v) is 3.47. The molecule has 0 aliphatic carbocycles. The predicted molar refractivity (Wildman–Crippen MR) is 84.6 cm³/mol. The van der Waals surface area contributed by atoms with Crippen molar-refractivity contribution in [1.82, 2.24) is 5.43 Å². The normalized spacial score (nSPS) is 12.4. The summed E-state index contributed by atoms with van der Waals surface area (Å²) in [5, 5.41) is 12.6. The van der Waals surface area contributed by atoms with Gasteiger partial charge in [0.1, 0.15) is 5.75 Å². The summed E-state index contributed by atoms with van der Waals surface area (Å²) >= 11 is 5.55. The second-order valence-electron chi connectivity index (χ2n) is 5.13. The lowest BCUT2D eigenvalue weighted by molar-refractivity contribution is -0.139. The molecule has 144 valence electrons. The fourth-order valence-electron chi connectivity index (χ4n) is 2.08. The minimum absolute atomic E-state index is 0.365. The molecule has 2 aromatic rings. The molecule has 2 N–H and O–H groups in total. The van der Waals surface area contributed by atoms with E-state index < -0.39 is 46.3 Å². The van der Waals surface area contributed by atoms with Gasteiger partial charge in [0.05, 0.1) is 22.9 Å². The maximum Gasteiger partial charge on any atom is 0.420 e. The molecule has 0 atom stereocenters. The van der Waals surface area contributed by atoms with Gasteiger partial charge in [-0.05, 0) is 24.3 Å². The van der Waals surface area contributed by atoms with Crippen LogP contribution in [0.4, 0.5) is 26.3 Å². The average Bonchev–Trinajstić information content (AvgIpc) is 2.55. The van der Waals surface area contributed by atoms with Gasteiger partial charge in [-0.2, -0.15) is 31.4 Å². The highest BCUT2D eigenvalue weighted by atomic mass is 35.5. The van der Waals surface area contributed by atoms with Gasteiger partial charge < -0.3 is 5.11 Å². The Kier molecular flexibility index (Phi) is 5.69. The smallest absolute Gasteiger partial charge is 0.420 e. The molecule has 2 rings (SSSR count). The minimum atomic E-state index is -4.90. The molecule has 2 aromatic carbocycles. The molecule has 0 saturated carbocycles. The summed E-state index contributed by atoms with van der Waals surface area (Å²) in [7, 11) is 0. The van der Waals surface area contributed by atoms with Crippen LogP contribution in [0.25, 0.3) is 0 Å². The van der Waals surface area contributed by atoms with E-state index in [1.54, 1.807) is 5.43 Å². The maximum atomic E-state index is 12.9. The van der Waals surface area contributed by atoms with E-state index in [1.807, 2.05) is 0 Å². The van der Waals surface area contributed by atoms with Crippen molar-refractivity contribution in [2.24, 2.45) is 5.10 Å². The number of carbonyl (C=O) groups excluding carboxylic acids is 1. The number of halogens is 7. The number of rotatable bonds is 3. The summed E-state index contributed by atoms with van der Waals surface area (Å²) in [6.45, 7) is 0. The Balaban J connectivity index is 2.27. The molecule has 0 radical (unpaired) electrons. The van der Waals surface area contributed by atoms with Crippen molar-refractivity contribution in [2.75, 3.05) is 0 Å². The lowest BCUT2D eigenvalue weighted by atomic mass is 10.1. The first kappa shape index (κ1) is 20.6. The molecule has 11 heteroatoms. The van der Waals surface area contributed by atoms with E-state index >= 15 is 0 Å². The van der Waals surface area contributed by atoms with Crippen LogP contribution in [-0.2, 0) is 12.4 Å². The maximum absolute atomic E-state index is 12.9. The zero-order chi connectivity index (χ0) is 20.4. The van der Waals surface area contributed by atoms with Gasteiger partial charge in [0, 0.05) is 10.6 Å². The molecule has 0 saturated heterocycles. The van der Waals surface area contributed by atoms with E-state index in [0.29, 0.717) is 18.3 Å². The van der Waals surface area contributed by atoms with Gasteiger partial charge in [0.15, 0.2) is 0 Å². The van der Waals surface area contributed by atoms with Crippen LogP contribution in [0.2, 0.25) is 5.02 Å². The van der Waals surface area contributed by atoms with E-state index in [1.165, 1.54) is 6.07 Å². The minimum Gasteiger partial charge on any atom is -0.507 e. The van der Waals surface area contributed by atoms with Crippen LogP contribution in [0.15, 0.2) is 41.5 Å². The van der Waals surface area contributed by atoms with Crippen molar-refractivity contribution in [1.29, 1.82) is 0 Å². The van der Waals surface area contributed by atoms with Crippen LogP contribution < -0.4 is 5.43 Å². The fourth-order valence-corrected chi connectivity index (χ4v) is 2.31. The largest absolute Gasteiger partial charge is 0.507 e. The highest BCUT2D eigenvalue weighted by Gasteiger charge is 2.36. The third-order valence-electron chi connectivity index (χ3n) is 3.26. The Labute approximate surface area is 153 Å². The molecule has 0 spiro atoms. The van der Waals surface area contributed by atoms with E-state index in [0.717, 1.165) is 18.2 Å². The first-order chi connectivity index (χ1) is 12.4. The Morgan fingerprint density at radius 3 is 2.22 bits per heavy atom. The van der Waals surface area contributed by atoms with Crippen LogP contribution in [0.5, 0.6) is 5.75 Å². The number of aromatic hydroxyl groups is 1. The number of phenolic OH excluding ortho intramolecular Hbond substituents is 1. The lowest BCUT2D eigenvalue weighted by Crippen LogP contribution is -2.22. The SMILES string of the molecule is O=C(N/N=C/c1cc(Cl)cc(C(F)(F)F)c1O)c1ccccc1C(F)(F)F. The number of carbonyl (C=O) groups is 1. The van der Waals surface area contributed by atoms with Crippen LogP contribution in [0.3, 0.4) is 0 Å². The van der Waals surface area contributed by atoms with Crippen LogP contribution in [-0.4, -0.2) is 17.2 Å². The summed E-state index contributed by atoms with van der Waals surface area (Å²) in [4.78, 5) is 11.9. The van der Waals surface area contributed by atoms with Gasteiger partial charge in [-0.1, -0.05) is 23.7 Å². The topological polar surface area (TPSA) is 61.7 Å². The van der Waals surface area contributed by atoms with Gasteiger partial charge >= 0.3 is 12.4 Å². The van der Waals surface area contributed by atoms with E-state index in [2.05, 4.69) is 5.10 Å². The molecule has 0 bridgehead atoms. The second kappa shape index (κ2) is 7.47. The quantitative estimate of drug-likeness (QED) is 0.432. The number of nitrogens with zero attached hydrogens (tertiary/aromatic N) is 1. The first-order valence-electron chi connectivity index (χ1n) is 7.00. The van der Waals surface area contributed by atoms with Crippen molar-refractivity contribution in [3.8, 4) is 5.75 Å². The number of amides is 1. The molecule has 0 aliphatic heterocycles. The van der Waals surface area contributed by atoms with Crippen molar-refractivity contribution in [2.45, 2.75) is 12.4 Å². The monoisotopic (exact) mass is 410 g/mol. The van der Waals surface area contributed by atoms with Crippen molar-refractivity contribution < 1.29 is 36.2 Å². The van der Waals surface area contributed by atoms with Crippen molar-refractivity contribution in [3.05, 3.63) is 63.7 Å². The Bertz CT molecular complexity index is 893. The van der Waals surface area contributed by atoms with E-state index in [9.17, 15) is 36.2 Å². The summed E-state index contributed by atoms with van der Waals surface area (Å²) in [6.07, 6.45) is -9.05. The highest BCUT2D eigenvalue weighted by molar-refractivity contribution is 6.31. The van der Waals surface area contributed by atoms with Gasteiger partial charge in [-0.3, -0.25) is 4.79 Å². The van der Waals surface area contributed by atoms with Crippen LogP contribution in [0.1, 0.15) is 27.0 Å². The number of nitrogens with one attached hydrogen (secondary N) is 1. The molecule has 27 heavy (non-hydrogen) atoms. The standard InChI is InChI=1S/C16H9ClF6N2O2/c17-9-5-8(13(26)12(6-9)16(21,22)23)7-24-25-14(27)10-3-1-2-4-11(10)15(18,19)20/h1-7,26H,(H,25,27)/b24-7+. The van der Waals surface area contributed by atoms with Crippen molar-refractivity contribution >= 4 is 23.7 Å². The number of benzene rings is 2. The summed E-state index contributed by atoms with van der Waals surface area (Å²) in [5.41, 5.74) is -2.09. The molecule has 1 amide bonds. The predicted octanol–water partition coefficient (Wildman–Crippen LogP) is 4.85. The Morgan fingerprint density at radius 1 is 1.04 bits per heavy atom. The van der Waals surface area contributed by atoms with Crippen LogP contribution in [0, 0.1) is 0 Å². The molecule has 0 unspecified atom stereocenters. The number of hydrogen-bond donors (Lipinski definition) is 2. The van der Waals surface area contributed by atoms with Crippen molar-refractivity contribution in [3.63, 3.8) is 0 Å². The zero-order valence-electron chi connectivity index (χ0n) is 13.0. The number of hydrazone groups is 1. The summed E-state index contributed by atoms with van der Waals surface area (Å²) in [5.74, 6) is -2.43. The molecule has 0 heterocycles. The van der Waals surface area contributed by atoms with Gasteiger partial charge in [-0.25, -0.2) is 5.43 Å².